The van der Waals surface area contributed by atoms with Crippen molar-refractivity contribution < 1.29 is 4.79 Å². The Morgan fingerprint density at radius 3 is 2.44 bits per heavy atom. The second kappa shape index (κ2) is 5.66. The van der Waals surface area contributed by atoms with E-state index >= 15 is 0 Å². The number of hydrogen-bond donors (Lipinski definition) is 1. The molecule has 3 nitrogen and oxygen atoms in total. The maximum atomic E-state index is 11.8. The Hall–Kier alpha value is -1.35. The molecule has 16 heavy (non-hydrogen) atoms. The molecule has 0 saturated carbocycles. The van der Waals surface area contributed by atoms with Crippen LogP contribution in [0, 0.1) is 6.92 Å². The van der Waals surface area contributed by atoms with E-state index in [0.29, 0.717) is 6.42 Å². The highest BCUT2D eigenvalue weighted by molar-refractivity contribution is 5.92. The first-order valence-electron chi connectivity index (χ1n) is 5.59. The number of amides is 1. The van der Waals surface area contributed by atoms with Crippen molar-refractivity contribution in [1.29, 1.82) is 0 Å². The van der Waals surface area contributed by atoms with Crippen LogP contribution in [0.5, 0.6) is 0 Å². The molecule has 0 aliphatic rings. The van der Waals surface area contributed by atoms with E-state index in [-0.39, 0.29) is 11.9 Å². The van der Waals surface area contributed by atoms with Gasteiger partial charge in [0, 0.05) is 25.2 Å². The zero-order valence-electron chi connectivity index (χ0n) is 10.2. The molecule has 0 bridgehead atoms. The molecule has 0 spiro atoms. The first-order valence-corrected chi connectivity index (χ1v) is 5.59. The van der Waals surface area contributed by atoms with Crippen molar-refractivity contribution in [3.8, 4) is 0 Å². The molecule has 0 saturated heterocycles. The summed E-state index contributed by atoms with van der Waals surface area (Å²) in [7, 11) is 1.80. The molecular formula is C13H20N2O. The summed E-state index contributed by atoms with van der Waals surface area (Å²) in [5.41, 5.74) is 7.75. The molecule has 1 rings (SSSR count). The molecule has 0 radical (unpaired) electrons. The van der Waals surface area contributed by atoms with Crippen molar-refractivity contribution in [2.24, 2.45) is 5.73 Å². The zero-order valence-corrected chi connectivity index (χ0v) is 10.2. The van der Waals surface area contributed by atoms with Crippen molar-refractivity contribution in [3.63, 3.8) is 0 Å². The highest BCUT2D eigenvalue weighted by Gasteiger charge is 2.10. The van der Waals surface area contributed by atoms with Gasteiger partial charge in [-0.2, -0.15) is 0 Å². The molecule has 1 amide bonds. The van der Waals surface area contributed by atoms with Crippen molar-refractivity contribution in [2.75, 3.05) is 11.9 Å². The molecule has 1 aromatic rings. The Bertz CT molecular complexity index is 343. The zero-order chi connectivity index (χ0) is 12.1. The van der Waals surface area contributed by atoms with E-state index in [9.17, 15) is 4.79 Å². The predicted octanol–water partition coefficient (Wildman–Crippen LogP) is 2.09. The van der Waals surface area contributed by atoms with Crippen LogP contribution in [-0.4, -0.2) is 19.0 Å². The fourth-order valence-corrected chi connectivity index (χ4v) is 1.43. The largest absolute Gasteiger partial charge is 0.328 e. The van der Waals surface area contributed by atoms with Gasteiger partial charge >= 0.3 is 0 Å². The fourth-order valence-electron chi connectivity index (χ4n) is 1.43. The average molecular weight is 220 g/mol. The Morgan fingerprint density at radius 1 is 1.38 bits per heavy atom. The number of carbonyl (C=O) groups excluding carboxylic acids is 1. The van der Waals surface area contributed by atoms with Crippen molar-refractivity contribution in [3.05, 3.63) is 29.8 Å². The molecule has 1 unspecified atom stereocenters. The summed E-state index contributed by atoms with van der Waals surface area (Å²) in [6.45, 7) is 3.95. The Labute approximate surface area is 97.2 Å². The molecule has 0 aliphatic carbocycles. The van der Waals surface area contributed by atoms with Crippen LogP contribution >= 0.6 is 0 Å². The predicted molar refractivity (Wildman–Crippen MR) is 67.5 cm³/mol. The van der Waals surface area contributed by atoms with Crippen LogP contribution in [0.1, 0.15) is 25.3 Å². The summed E-state index contributed by atoms with van der Waals surface area (Å²) in [5, 5.41) is 0. The molecule has 0 aromatic heterocycles. The number of rotatable bonds is 4. The lowest BCUT2D eigenvalue weighted by Gasteiger charge is -2.18. The van der Waals surface area contributed by atoms with E-state index in [2.05, 4.69) is 0 Å². The Balaban J connectivity index is 2.59. The van der Waals surface area contributed by atoms with Gasteiger partial charge in [-0.25, -0.2) is 0 Å². The van der Waals surface area contributed by atoms with Crippen LogP contribution in [0.2, 0.25) is 0 Å². The van der Waals surface area contributed by atoms with Crippen LogP contribution in [0.25, 0.3) is 0 Å². The number of hydrogen-bond acceptors (Lipinski definition) is 2. The lowest BCUT2D eigenvalue weighted by atomic mass is 10.1. The first kappa shape index (κ1) is 12.7. The number of aryl methyl sites for hydroxylation is 1. The smallest absolute Gasteiger partial charge is 0.226 e. The van der Waals surface area contributed by atoms with E-state index < -0.39 is 0 Å². The highest BCUT2D eigenvalue weighted by atomic mass is 16.2. The lowest BCUT2D eigenvalue weighted by molar-refractivity contribution is -0.118. The SMILES string of the molecule is Cc1ccc(N(C)C(=O)CCC(C)N)cc1. The van der Waals surface area contributed by atoms with Gasteiger partial charge in [-0.1, -0.05) is 17.7 Å². The topological polar surface area (TPSA) is 46.3 Å². The van der Waals surface area contributed by atoms with Gasteiger partial charge in [-0.05, 0) is 32.4 Å². The molecule has 88 valence electrons. The van der Waals surface area contributed by atoms with Crippen molar-refractivity contribution >= 4 is 11.6 Å². The van der Waals surface area contributed by atoms with Gasteiger partial charge in [0.05, 0.1) is 0 Å². The third kappa shape index (κ3) is 3.66. The Morgan fingerprint density at radius 2 is 1.94 bits per heavy atom. The minimum Gasteiger partial charge on any atom is -0.328 e. The summed E-state index contributed by atoms with van der Waals surface area (Å²) in [5.74, 6) is 0.112. The molecule has 0 fully saturated rings. The van der Waals surface area contributed by atoms with Crippen LogP contribution in [0.3, 0.4) is 0 Å². The lowest BCUT2D eigenvalue weighted by Crippen LogP contribution is -2.28. The van der Waals surface area contributed by atoms with Gasteiger partial charge < -0.3 is 10.6 Å². The molecule has 1 aromatic carbocycles. The fraction of sp³-hybridized carbons (Fsp3) is 0.462. The second-order valence-corrected chi connectivity index (χ2v) is 4.30. The first-order chi connectivity index (χ1) is 7.50. The van der Waals surface area contributed by atoms with E-state index in [4.69, 9.17) is 5.73 Å². The molecule has 0 heterocycles. The Kier molecular flexibility index (Phi) is 4.50. The standard InChI is InChI=1S/C13H20N2O/c1-10-4-7-12(8-5-10)15(3)13(16)9-6-11(2)14/h4-5,7-8,11H,6,9,14H2,1-3H3. The maximum Gasteiger partial charge on any atom is 0.226 e. The van der Waals surface area contributed by atoms with Gasteiger partial charge in [-0.15, -0.1) is 0 Å². The van der Waals surface area contributed by atoms with Crippen LogP contribution in [-0.2, 0) is 4.79 Å². The average Bonchev–Trinajstić information content (AvgIpc) is 2.26. The van der Waals surface area contributed by atoms with Gasteiger partial charge in [0.15, 0.2) is 0 Å². The van der Waals surface area contributed by atoms with Crippen LogP contribution in [0.4, 0.5) is 5.69 Å². The number of carbonyl (C=O) groups is 1. The maximum absolute atomic E-state index is 11.8. The summed E-state index contributed by atoms with van der Waals surface area (Å²) >= 11 is 0. The van der Waals surface area contributed by atoms with E-state index in [1.165, 1.54) is 5.56 Å². The van der Waals surface area contributed by atoms with E-state index in [1.807, 2.05) is 38.1 Å². The monoisotopic (exact) mass is 220 g/mol. The number of anilines is 1. The second-order valence-electron chi connectivity index (χ2n) is 4.30. The van der Waals surface area contributed by atoms with Crippen molar-refractivity contribution in [1.82, 2.24) is 0 Å². The molecule has 2 N–H and O–H groups in total. The third-order valence-electron chi connectivity index (χ3n) is 2.61. The minimum absolute atomic E-state index is 0.0790. The summed E-state index contributed by atoms with van der Waals surface area (Å²) in [6, 6.07) is 8.00. The third-order valence-corrected chi connectivity index (χ3v) is 2.61. The number of benzene rings is 1. The van der Waals surface area contributed by atoms with Gasteiger partial charge in [0.1, 0.15) is 0 Å². The summed E-state index contributed by atoms with van der Waals surface area (Å²) in [4.78, 5) is 13.5. The van der Waals surface area contributed by atoms with Crippen LogP contribution in [0.15, 0.2) is 24.3 Å². The van der Waals surface area contributed by atoms with Gasteiger partial charge in [0.2, 0.25) is 5.91 Å². The van der Waals surface area contributed by atoms with E-state index in [1.54, 1.807) is 11.9 Å². The molecule has 1 atom stereocenters. The molecular weight excluding hydrogens is 200 g/mol. The summed E-state index contributed by atoms with van der Waals surface area (Å²) < 4.78 is 0. The van der Waals surface area contributed by atoms with Gasteiger partial charge in [0.25, 0.3) is 0 Å². The van der Waals surface area contributed by atoms with Crippen molar-refractivity contribution in [2.45, 2.75) is 32.7 Å². The molecule has 0 aliphatic heterocycles. The van der Waals surface area contributed by atoms with E-state index in [0.717, 1.165) is 12.1 Å². The quantitative estimate of drug-likeness (QED) is 0.844. The van der Waals surface area contributed by atoms with Crippen LogP contribution < -0.4 is 10.6 Å². The molecule has 3 heteroatoms. The number of nitrogens with zero attached hydrogens (tertiary/aromatic N) is 1. The van der Waals surface area contributed by atoms with Gasteiger partial charge in [-0.3, -0.25) is 4.79 Å². The summed E-state index contributed by atoms with van der Waals surface area (Å²) in [6.07, 6.45) is 1.23. The normalized spacial score (nSPS) is 12.2. The minimum atomic E-state index is 0.0790. The highest BCUT2D eigenvalue weighted by Crippen LogP contribution is 2.14. The number of nitrogens with two attached hydrogens (primary N) is 1.